The van der Waals surface area contributed by atoms with Crippen LogP contribution in [-0.4, -0.2) is 51.8 Å². The number of carbonyl (C=O) groups is 2. The number of hydrogen-bond acceptors (Lipinski definition) is 7. The highest BCUT2D eigenvalue weighted by molar-refractivity contribution is 6.36. The Labute approximate surface area is 247 Å². The summed E-state index contributed by atoms with van der Waals surface area (Å²) in [5.74, 6) is -1.42. The van der Waals surface area contributed by atoms with Crippen molar-refractivity contribution in [3.8, 4) is 0 Å². The van der Waals surface area contributed by atoms with Gasteiger partial charge >= 0.3 is 11.9 Å². The number of hydrogen-bond donors (Lipinski definition) is 0. The van der Waals surface area contributed by atoms with Crippen LogP contribution in [0.4, 0.5) is 5.69 Å². The first kappa shape index (κ1) is 31.0. The van der Waals surface area contributed by atoms with Gasteiger partial charge in [-0.15, -0.1) is 0 Å². The Morgan fingerprint density at radius 3 is 1.56 bits per heavy atom. The van der Waals surface area contributed by atoms with Crippen molar-refractivity contribution >= 4 is 64.0 Å². The molecule has 0 bridgehead atoms. The van der Waals surface area contributed by atoms with Gasteiger partial charge in [0.05, 0.1) is 34.3 Å². The smallest absolute Gasteiger partial charge is 0.342 e. The van der Waals surface area contributed by atoms with Crippen molar-refractivity contribution in [3.63, 3.8) is 0 Å². The third kappa shape index (κ3) is 8.48. The van der Waals surface area contributed by atoms with Gasteiger partial charge in [0.2, 0.25) is 12.6 Å². The molecule has 0 amide bonds. The fourth-order valence-corrected chi connectivity index (χ4v) is 4.29. The molecule has 2 unspecified atom stereocenters. The first-order valence-corrected chi connectivity index (χ1v) is 13.2. The van der Waals surface area contributed by atoms with Gasteiger partial charge in [-0.25, -0.2) is 9.59 Å². The predicted octanol–water partition coefficient (Wildman–Crippen LogP) is 7.38. The van der Waals surface area contributed by atoms with E-state index in [0.717, 1.165) is 16.8 Å². The van der Waals surface area contributed by atoms with E-state index < -0.39 is 24.5 Å². The highest BCUT2D eigenvalue weighted by Crippen LogP contribution is 2.25. The highest BCUT2D eigenvalue weighted by atomic mass is 35.5. The molecule has 0 aromatic heterocycles. The van der Waals surface area contributed by atoms with E-state index in [4.69, 9.17) is 65.4 Å². The Hall–Kier alpha value is -2.52. The fourth-order valence-electron chi connectivity index (χ4n) is 3.56. The third-order valence-electron chi connectivity index (χ3n) is 5.89. The van der Waals surface area contributed by atoms with Crippen LogP contribution in [0.15, 0.2) is 54.6 Å². The summed E-state index contributed by atoms with van der Waals surface area (Å²) in [7, 11) is 2.82. The lowest BCUT2D eigenvalue weighted by molar-refractivity contribution is -0.0950. The number of methoxy groups -OCH3 is 2. The maximum Gasteiger partial charge on any atom is 0.342 e. The van der Waals surface area contributed by atoms with Gasteiger partial charge < -0.3 is 23.8 Å². The Morgan fingerprint density at radius 1 is 0.692 bits per heavy atom. The SMILES string of the molecule is COC(CN(CC(OC)OC(=O)c1cc(Cl)ccc1Cl)c1ccc(C)c(C)c1)OC(=O)c1cc(Cl)ccc1Cl. The Morgan fingerprint density at radius 2 is 1.15 bits per heavy atom. The van der Waals surface area contributed by atoms with E-state index in [1.807, 2.05) is 36.9 Å². The zero-order chi connectivity index (χ0) is 28.7. The van der Waals surface area contributed by atoms with E-state index in [1.165, 1.54) is 38.5 Å². The van der Waals surface area contributed by atoms with E-state index in [0.29, 0.717) is 10.0 Å². The van der Waals surface area contributed by atoms with Crippen molar-refractivity contribution in [2.24, 2.45) is 0 Å². The van der Waals surface area contributed by atoms with Crippen molar-refractivity contribution in [1.82, 2.24) is 0 Å². The number of nitrogens with zero attached hydrogens (tertiary/aromatic N) is 1. The van der Waals surface area contributed by atoms with E-state index in [1.54, 1.807) is 12.1 Å². The molecule has 0 aliphatic carbocycles. The lowest BCUT2D eigenvalue weighted by atomic mass is 10.1. The van der Waals surface area contributed by atoms with Gasteiger partial charge in [-0.05, 0) is 73.5 Å². The number of aryl methyl sites for hydroxylation is 2. The largest absolute Gasteiger partial charge is 0.430 e. The highest BCUT2D eigenvalue weighted by Gasteiger charge is 2.26. The van der Waals surface area contributed by atoms with Crippen molar-refractivity contribution in [3.05, 3.63) is 96.9 Å². The van der Waals surface area contributed by atoms with Gasteiger partial charge in [-0.1, -0.05) is 52.5 Å². The second-order valence-corrected chi connectivity index (χ2v) is 10.3. The minimum absolute atomic E-state index is 0.0677. The van der Waals surface area contributed by atoms with Gasteiger partial charge in [0.25, 0.3) is 0 Å². The van der Waals surface area contributed by atoms with Crippen LogP contribution in [-0.2, 0) is 18.9 Å². The molecule has 2 atom stereocenters. The average molecular weight is 615 g/mol. The summed E-state index contributed by atoms with van der Waals surface area (Å²) in [5.41, 5.74) is 3.09. The second-order valence-electron chi connectivity index (χ2n) is 8.56. The summed E-state index contributed by atoms with van der Waals surface area (Å²) >= 11 is 24.4. The summed E-state index contributed by atoms with van der Waals surface area (Å²) in [6.07, 6.45) is -2.05. The number of halogens is 4. The van der Waals surface area contributed by atoms with Crippen molar-refractivity contribution in [1.29, 1.82) is 0 Å². The molecule has 0 heterocycles. The van der Waals surface area contributed by atoms with Crippen LogP contribution in [0.25, 0.3) is 0 Å². The minimum Gasteiger partial charge on any atom is -0.430 e. The third-order valence-corrected chi connectivity index (χ3v) is 7.02. The van der Waals surface area contributed by atoms with Crippen LogP contribution in [0.1, 0.15) is 31.8 Å². The normalized spacial score (nSPS) is 12.5. The number of benzene rings is 3. The van der Waals surface area contributed by atoms with Crippen LogP contribution in [0.2, 0.25) is 20.1 Å². The van der Waals surface area contributed by atoms with Crippen molar-refractivity contribution in [2.75, 3.05) is 32.2 Å². The van der Waals surface area contributed by atoms with Crippen LogP contribution in [0, 0.1) is 13.8 Å². The lowest BCUT2D eigenvalue weighted by Gasteiger charge is -2.31. The topological polar surface area (TPSA) is 74.3 Å². The summed E-state index contributed by atoms with van der Waals surface area (Å²) in [5, 5.41) is 1.05. The number of anilines is 1. The first-order chi connectivity index (χ1) is 18.5. The van der Waals surface area contributed by atoms with E-state index >= 15 is 0 Å². The molecule has 0 aliphatic heterocycles. The van der Waals surface area contributed by atoms with Crippen LogP contribution in [0.3, 0.4) is 0 Å². The van der Waals surface area contributed by atoms with Gasteiger partial charge in [0.15, 0.2) is 0 Å². The molecular weight excluding hydrogens is 588 g/mol. The molecule has 0 radical (unpaired) electrons. The Kier molecular flexibility index (Phi) is 11.3. The molecule has 3 rings (SSSR count). The van der Waals surface area contributed by atoms with E-state index in [-0.39, 0.29) is 34.3 Å². The molecule has 3 aromatic carbocycles. The number of esters is 2. The molecular formula is C28H27Cl4NO6. The fraction of sp³-hybridized carbons (Fsp3) is 0.286. The lowest BCUT2D eigenvalue weighted by Crippen LogP contribution is -2.42. The molecule has 0 spiro atoms. The predicted molar refractivity (Wildman–Crippen MR) is 153 cm³/mol. The summed E-state index contributed by atoms with van der Waals surface area (Å²) in [6, 6.07) is 14.8. The van der Waals surface area contributed by atoms with Crippen LogP contribution in [0.5, 0.6) is 0 Å². The molecule has 39 heavy (non-hydrogen) atoms. The molecule has 0 aliphatic rings. The Balaban J connectivity index is 1.84. The van der Waals surface area contributed by atoms with Gasteiger partial charge in [0.1, 0.15) is 0 Å². The van der Waals surface area contributed by atoms with Crippen molar-refractivity contribution in [2.45, 2.75) is 26.4 Å². The monoisotopic (exact) mass is 613 g/mol. The summed E-state index contributed by atoms with van der Waals surface area (Å²) in [6.45, 7) is 4.10. The molecule has 7 nitrogen and oxygen atoms in total. The van der Waals surface area contributed by atoms with Crippen LogP contribution >= 0.6 is 46.4 Å². The molecule has 0 saturated heterocycles. The maximum absolute atomic E-state index is 12.9. The molecule has 11 heteroatoms. The van der Waals surface area contributed by atoms with Crippen molar-refractivity contribution < 1.29 is 28.5 Å². The molecule has 0 saturated carbocycles. The number of rotatable bonds is 11. The summed E-state index contributed by atoms with van der Waals surface area (Å²) in [4.78, 5) is 27.5. The zero-order valence-electron chi connectivity index (χ0n) is 21.7. The van der Waals surface area contributed by atoms with Crippen LogP contribution < -0.4 is 4.90 Å². The van der Waals surface area contributed by atoms with Gasteiger partial charge in [0, 0.05) is 30.0 Å². The molecule has 0 fully saturated rings. The quantitative estimate of drug-likeness (QED) is 0.165. The van der Waals surface area contributed by atoms with E-state index in [9.17, 15) is 9.59 Å². The molecule has 3 aromatic rings. The second kappa shape index (κ2) is 14.2. The van der Waals surface area contributed by atoms with E-state index in [2.05, 4.69) is 0 Å². The first-order valence-electron chi connectivity index (χ1n) is 11.7. The molecule has 0 N–H and O–H groups in total. The Bertz CT molecular complexity index is 1260. The minimum atomic E-state index is -1.02. The molecule has 208 valence electrons. The van der Waals surface area contributed by atoms with Gasteiger partial charge in [-0.3, -0.25) is 0 Å². The van der Waals surface area contributed by atoms with Gasteiger partial charge in [-0.2, -0.15) is 0 Å². The maximum atomic E-state index is 12.9. The average Bonchev–Trinajstić information content (AvgIpc) is 2.91. The zero-order valence-corrected chi connectivity index (χ0v) is 24.7. The number of carbonyl (C=O) groups excluding carboxylic acids is 2. The summed E-state index contributed by atoms with van der Waals surface area (Å²) < 4.78 is 22.1. The number of ether oxygens (including phenoxy) is 4. The standard InChI is InChI=1S/C28H27Cl4NO6/c1-16-5-8-20(11-17(16)2)33(14-25(36-3)38-27(34)21-12-18(29)6-9-23(21)31)15-26(37-4)39-28(35)22-13-19(30)7-10-24(22)32/h5-13,25-26H,14-15H2,1-4H3.